The smallest absolute Gasteiger partial charge is 0.250 e. The Bertz CT molecular complexity index is 439. The largest absolute Gasteiger partial charge is 0.497 e. The molecule has 0 spiro atoms. The number of hydrogen-bond acceptors (Lipinski definition) is 4. The third kappa shape index (κ3) is 4.21. The minimum atomic E-state index is -0.236. The van der Waals surface area contributed by atoms with E-state index in [0.29, 0.717) is 6.61 Å². The fourth-order valence-corrected chi connectivity index (χ4v) is 2.44. The summed E-state index contributed by atoms with van der Waals surface area (Å²) in [4.78, 5) is 11.7. The Labute approximate surface area is 119 Å². The van der Waals surface area contributed by atoms with E-state index in [0.717, 1.165) is 37.1 Å². The molecule has 3 N–H and O–H groups in total. The van der Waals surface area contributed by atoms with E-state index in [2.05, 4.69) is 5.32 Å². The van der Waals surface area contributed by atoms with Gasteiger partial charge in [0.05, 0.1) is 13.7 Å². The lowest BCUT2D eigenvalue weighted by atomic mass is 10.0. The molecule has 0 unspecified atom stereocenters. The molecule has 0 aliphatic heterocycles. The third-order valence-corrected chi connectivity index (χ3v) is 3.60. The van der Waals surface area contributed by atoms with Crippen molar-refractivity contribution in [3.8, 4) is 5.75 Å². The molecule has 1 aliphatic carbocycles. The first kappa shape index (κ1) is 14.8. The van der Waals surface area contributed by atoms with Gasteiger partial charge in [0.1, 0.15) is 12.4 Å². The van der Waals surface area contributed by atoms with E-state index in [1.807, 2.05) is 0 Å². The van der Waals surface area contributed by atoms with Gasteiger partial charge in [0.15, 0.2) is 0 Å². The molecule has 1 aliphatic rings. The number of benzene rings is 1. The van der Waals surface area contributed by atoms with Crippen LogP contribution in [0.2, 0.25) is 0 Å². The van der Waals surface area contributed by atoms with Crippen LogP contribution in [0.25, 0.3) is 0 Å². The van der Waals surface area contributed by atoms with Gasteiger partial charge in [-0.3, -0.25) is 4.79 Å². The summed E-state index contributed by atoms with van der Waals surface area (Å²) in [6.45, 7) is 0.480. The summed E-state index contributed by atoms with van der Waals surface area (Å²) in [5, 5.41) is 2.77. The van der Waals surface area contributed by atoms with Gasteiger partial charge in [-0.15, -0.1) is 0 Å². The molecular formula is C15H22N2O3. The number of anilines is 1. The van der Waals surface area contributed by atoms with Crippen molar-refractivity contribution >= 4 is 11.6 Å². The summed E-state index contributed by atoms with van der Waals surface area (Å²) in [6.07, 6.45) is 4.26. The Hall–Kier alpha value is -1.59. The van der Waals surface area contributed by atoms with Crippen molar-refractivity contribution in [2.24, 2.45) is 5.73 Å². The van der Waals surface area contributed by atoms with Crippen molar-refractivity contribution in [2.75, 3.05) is 25.6 Å². The normalized spacial score (nSPS) is 16.9. The van der Waals surface area contributed by atoms with Crippen LogP contribution in [-0.4, -0.2) is 31.8 Å². The highest BCUT2D eigenvalue weighted by molar-refractivity contribution is 5.91. The molecule has 1 aromatic rings. The minimum absolute atomic E-state index is 0.0327. The van der Waals surface area contributed by atoms with Gasteiger partial charge in [0, 0.05) is 11.2 Å². The van der Waals surface area contributed by atoms with Gasteiger partial charge in [-0.2, -0.15) is 0 Å². The summed E-state index contributed by atoms with van der Waals surface area (Å²) in [5.74, 6) is 0.585. The first-order valence-corrected chi connectivity index (χ1v) is 6.92. The number of nitrogens with two attached hydrogens (primary N) is 1. The number of carbonyl (C=O) groups is 1. The first-order chi connectivity index (χ1) is 9.61. The molecule has 5 heteroatoms. The van der Waals surface area contributed by atoms with Crippen LogP contribution >= 0.6 is 0 Å². The van der Waals surface area contributed by atoms with Gasteiger partial charge in [-0.25, -0.2) is 0 Å². The molecule has 1 amide bonds. The molecule has 0 bridgehead atoms. The van der Waals surface area contributed by atoms with E-state index in [4.69, 9.17) is 15.2 Å². The van der Waals surface area contributed by atoms with Gasteiger partial charge in [-0.1, -0.05) is 12.8 Å². The van der Waals surface area contributed by atoms with Gasteiger partial charge in [-0.05, 0) is 37.1 Å². The summed E-state index contributed by atoms with van der Waals surface area (Å²) in [7, 11) is 1.60. The molecule has 5 nitrogen and oxygen atoms in total. The lowest BCUT2D eigenvalue weighted by molar-refractivity contribution is -0.121. The molecular weight excluding hydrogens is 256 g/mol. The van der Waals surface area contributed by atoms with Crippen molar-refractivity contribution in [3.05, 3.63) is 24.3 Å². The third-order valence-electron chi connectivity index (χ3n) is 3.60. The van der Waals surface area contributed by atoms with Crippen LogP contribution in [0.15, 0.2) is 24.3 Å². The van der Waals surface area contributed by atoms with Crippen LogP contribution in [0.4, 0.5) is 5.69 Å². The summed E-state index contributed by atoms with van der Waals surface area (Å²) < 4.78 is 10.5. The van der Waals surface area contributed by atoms with Crippen molar-refractivity contribution in [3.63, 3.8) is 0 Å². The van der Waals surface area contributed by atoms with Crippen molar-refractivity contribution in [1.82, 2.24) is 0 Å². The van der Waals surface area contributed by atoms with Gasteiger partial charge < -0.3 is 20.5 Å². The molecule has 1 fully saturated rings. The van der Waals surface area contributed by atoms with Crippen LogP contribution in [0.3, 0.4) is 0 Å². The molecule has 0 atom stereocenters. The number of hydrogen-bond donors (Lipinski definition) is 2. The van der Waals surface area contributed by atoms with Crippen molar-refractivity contribution in [2.45, 2.75) is 31.2 Å². The minimum Gasteiger partial charge on any atom is -0.497 e. The monoisotopic (exact) mass is 278 g/mol. The van der Waals surface area contributed by atoms with Gasteiger partial charge >= 0.3 is 0 Å². The average molecular weight is 278 g/mol. The highest BCUT2D eigenvalue weighted by Crippen LogP contribution is 2.27. The Balaban J connectivity index is 1.72. The maximum atomic E-state index is 11.7. The standard InChI is InChI=1S/C15H22N2O3/c1-19-13-6-4-12(5-7-13)17-14(18)10-20-11-15(16)8-2-3-9-15/h4-7H,2-3,8-11,16H2,1H3,(H,17,18). The predicted octanol–water partition coefficient (Wildman–Crippen LogP) is 1.92. The summed E-state index contributed by atoms with van der Waals surface area (Å²) in [5.41, 5.74) is 6.65. The van der Waals surface area contributed by atoms with Crippen LogP contribution in [0, 0.1) is 0 Å². The molecule has 0 heterocycles. The van der Waals surface area contributed by atoms with Crippen LogP contribution in [0.1, 0.15) is 25.7 Å². The molecule has 1 aromatic carbocycles. The zero-order valence-electron chi connectivity index (χ0n) is 11.9. The first-order valence-electron chi connectivity index (χ1n) is 6.92. The van der Waals surface area contributed by atoms with E-state index < -0.39 is 0 Å². The van der Waals surface area contributed by atoms with Gasteiger partial charge in [0.2, 0.25) is 5.91 Å². The maximum Gasteiger partial charge on any atom is 0.250 e. The summed E-state index contributed by atoms with van der Waals surface area (Å²) >= 11 is 0. The number of amides is 1. The summed E-state index contributed by atoms with van der Waals surface area (Å²) in [6, 6.07) is 7.17. The molecule has 1 saturated carbocycles. The fraction of sp³-hybridized carbons (Fsp3) is 0.533. The number of ether oxygens (including phenoxy) is 2. The Morgan fingerprint density at radius 3 is 2.55 bits per heavy atom. The lowest BCUT2D eigenvalue weighted by Gasteiger charge is -2.22. The van der Waals surface area contributed by atoms with E-state index in [1.54, 1.807) is 31.4 Å². The maximum absolute atomic E-state index is 11.7. The van der Waals surface area contributed by atoms with Crippen LogP contribution in [0.5, 0.6) is 5.75 Å². The van der Waals surface area contributed by atoms with E-state index in [1.165, 1.54) is 0 Å². The quantitative estimate of drug-likeness (QED) is 0.833. The molecule has 110 valence electrons. The molecule has 0 saturated heterocycles. The Kier molecular flexibility index (Phi) is 4.98. The fourth-order valence-electron chi connectivity index (χ4n) is 2.44. The lowest BCUT2D eigenvalue weighted by Crippen LogP contribution is -2.42. The Morgan fingerprint density at radius 2 is 1.95 bits per heavy atom. The molecule has 20 heavy (non-hydrogen) atoms. The van der Waals surface area contributed by atoms with Crippen molar-refractivity contribution < 1.29 is 14.3 Å². The molecule has 0 radical (unpaired) electrons. The Morgan fingerprint density at radius 1 is 1.30 bits per heavy atom. The topological polar surface area (TPSA) is 73.6 Å². The SMILES string of the molecule is COc1ccc(NC(=O)COCC2(N)CCCC2)cc1. The number of carbonyl (C=O) groups excluding carboxylic acids is 1. The predicted molar refractivity (Wildman–Crippen MR) is 77.8 cm³/mol. The van der Waals surface area contributed by atoms with E-state index in [9.17, 15) is 4.79 Å². The number of nitrogens with one attached hydrogen (secondary N) is 1. The number of methoxy groups -OCH3 is 1. The second-order valence-electron chi connectivity index (χ2n) is 5.34. The second kappa shape index (κ2) is 6.72. The molecule has 0 aromatic heterocycles. The zero-order valence-corrected chi connectivity index (χ0v) is 11.9. The van der Waals surface area contributed by atoms with Gasteiger partial charge in [0.25, 0.3) is 0 Å². The highest BCUT2D eigenvalue weighted by atomic mass is 16.5. The van der Waals surface area contributed by atoms with E-state index in [-0.39, 0.29) is 18.1 Å². The zero-order chi connectivity index (χ0) is 14.4. The van der Waals surface area contributed by atoms with Crippen LogP contribution in [-0.2, 0) is 9.53 Å². The highest BCUT2D eigenvalue weighted by Gasteiger charge is 2.29. The molecule has 2 rings (SSSR count). The van der Waals surface area contributed by atoms with Crippen molar-refractivity contribution in [1.29, 1.82) is 0 Å². The number of rotatable bonds is 6. The van der Waals surface area contributed by atoms with E-state index >= 15 is 0 Å². The van der Waals surface area contributed by atoms with Crippen LogP contribution < -0.4 is 15.8 Å². The average Bonchev–Trinajstić information content (AvgIpc) is 2.86. The second-order valence-corrected chi connectivity index (χ2v) is 5.34.